The van der Waals surface area contributed by atoms with E-state index in [-0.39, 0.29) is 11.2 Å². The quantitative estimate of drug-likeness (QED) is 0.879. The van der Waals surface area contributed by atoms with Crippen molar-refractivity contribution < 1.29 is 13.9 Å². The van der Waals surface area contributed by atoms with E-state index in [0.29, 0.717) is 11.5 Å². The predicted octanol–water partition coefficient (Wildman–Crippen LogP) is 3.17. The van der Waals surface area contributed by atoms with E-state index in [0.717, 1.165) is 16.8 Å². The number of hydrogen-bond donors (Lipinski definition) is 1. The summed E-state index contributed by atoms with van der Waals surface area (Å²) in [5, 5.41) is 2.68. The minimum Gasteiger partial charge on any atom is -0.455 e. The molecular weight excluding hydrogens is 291 g/mol. The molecule has 0 saturated heterocycles. The number of nitrogens with zero attached hydrogens (tertiary/aromatic N) is 1. The van der Waals surface area contributed by atoms with Crippen LogP contribution in [0.2, 0.25) is 0 Å². The summed E-state index contributed by atoms with van der Waals surface area (Å²) in [7, 11) is 0. The zero-order valence-electron chi connectivity index (χ0n) is 10.8. The lowest BCUT2D eigenvalue weighted by molar-refractivity contribution is -0.107. The number of benzene rings is 1. The molecule has 2 heterocycles. The van der Waals surface area contributed by atoms with E-state index in [1.165, 1.54) is 23.9 Å². The van der Waals surface area contributed by atoms with E-state index in [1.54, 1.807) is 30.7 Å². The Balaban J connectivity index is 1.86. The molecule has 1 atom stereocenters. The molecule has 0 radical (unpaired) electrons. The van der Waals surface area contributed by atoms with E-state index in [9.17, 15) is 9.18 Å². The number of aldehydes is 1. The van der Waals surface area contributed by atoms with Crippen LogP contribution in [0.4, 0.5) is 4.39 Å². The van der Waals surface area contributed by atoms with Crippen molar-refractivity contribution in [1.82, 2.24) is 10.3 Å². The summed E-state index contributed by atoms with van der Waals surface area (Å²) in [6, 6.07) is 7.58. The molecule has 1 aromatic carbocycles. The average Bonchev–Trinajstić information content (AvgIpc) is 2.99. The highest BCUT2D eigenvalue weighted by Crippen LogP contribution is 2.39. The van der Waals surface area contributed by atoms with Crippen LogP contribution in [0.1, 0.15) is 5.56 Å². The van der Waals surface area contributed by atoms with E-state index in [2.05, 4.69) is 10.3 Å². The van der Waals surface area contributed by atoms with Gasteiger partial charge in [0, 0.05) is 22.9 Å². The Bertz CT molecular complexity index is 688. The van der Waals surface area contributed by atoms with Crippen LogP contribution in [-0.4, -0.2) is 16.6 Å². The van der Waals surface area contributed by atoms with Gasteiger partial charge < -0.3 is 14.8 Å². The Morgan fingerprint density at radius 1 is 1.29 bits per heavy atom. The number of carbonyl (C=O) groups is 1. The normalized spacial score (nSPS) is 17.0. The molecule has 1 aliphatic heterocycles. The third-order valence-electron chi connectivity index (χ3n) is 2.85. The van der Waals surface area contributed by atoms with Gasteiger partial charge in [0.1, 0.15) is 16.9 Å². The molecule has 0 bridgehead atoms. The maximum atomic E-state index is 12.9. The zero-order chi connectivity index (χ0) is 14.7. The lowest BCUT2D eigenvalue weighted by atomic mass is 10.2. The van der Waals surface area contributed by atoms with Gasteiger partial charge in [-0.1, -0.05) is 11.8 Å². The van der Waals surface area contributed by atoms with E-state index in [4.69, 9.17) is 4.74 Å². The average molecular weight is 302 g/mol. The van der Waals surface area contributed by atoms with Crippen molar-refractivity contribution in [3.8, 4) is 11.5 Å². The van der Waals surface area contributed by atoms with Crippen molar-refractivity contribution in [1.29, 1.82) is 0 Å². The van der Waals surface area contributed by atoms with Crippen LogP contribution < -0.4 is 10.1 Å². The van der Waals surface area contributed by atoms with Gasteiger partial charge in [-0.05, 0) is 30.3 Å². The van der Waals surface area contributed by atoms with Crippen LogP contribution in [0, 0.1) is 5.82 Å². The van der Waals surface area contributed by atoms with Crippen molar-refractivity contribution in [3.63, 3.8) is 0 Å². The van der Waals surface area contributed by atoms with Crippen LogP contribution in [0.3, 0.4) is 0 Å². The molecule has 0 saturated carbocycles. The fourth-order valence-electron chi connectivity index (χ4n) is 1.87. The van der Waals surface area contributed by atoms with Crippen molar-refractivity contribution in [3.05, 3.63) is 60.3 Å². The molecule has 4 nitrogen and oxygen atoms in total. The van der Waals surface area contributed by atoms with Gasteiger partial charge in [0.25, 0.3) is 0 Å². The first kappa shape index (κ1) is 13.6. The molecule has 21 heavy (non-hydrogen) atoms. The minimum atomic E-state index is -0.319. The fraction of sp³-hybridized carbons (Fsp3) is 0.0667. The van der Waals surface area contributed by atoms with Crippen LogP contribution in [0.25, 0.3) is 4.91 Å². The number of hydrogen-bond acceptors (Lipinski definition) is 5. The van der Waals surface area contributed by atoms with Crippen molar-refractivity contribution in [2.45, 2.75) is 5.37 Å². The molecule has 0 amide bonds. The largest absolute Gasteiger partial charge is 0.455 e. The fourth-order valence-corrected chi connectivity index (χ4v) is 2.76. The standard InChI is InChI=1S/C15H11FN2O2S/c16-10-1-3-11(4-2-10)20-13-7-17-6-5-12(13)14-8-18-15(9-19)21-14/h1-9,15,18H. The van der Waals surface area contributed by atoms with Gasteiger partial charge in [0.2, 0.25) is 0 Å². The Kier molecular flexibility index (Phi) is 3.87. The zero-order valence-corrected chi connectivity index (χ0v) is 11.6. The molecule has 1 N–H and O–H groups in total. The van der Waals surface area contributed by atoms with Crippen LogP contribution in [-0.2, 0) is 4.79 Å². The number of carbonyl (C=O) groups excluding carboxylic acids is 1. The summed E-state index contributed by atoms with van der Waals surface area (Å²) in [6.07, 6.45) is 5.86. The first-order valence-corrected chi connectivity index (χ1v) is 7.10. The molecular formula is C15H11FN2O2S. The smallest absolute Gasteiger partial charge is 0.154 e. The summed E-state index contributed by atoms with van der Waals surface area (Å²) in [5.41, 5.74) is 0.830. The maximum Gasteiger partial charge on any atom is 0.154 e. The molecule has 1 unspecified atom stereocenters. The van der Waals surface area contributed by atoms with Gasteiger partial charge in [-0.25, -0.2) is 4.39 Å². The lowest BCUT2D eigenvalue weighted by Crippen LogP contribution is -2.16. The molecule has 0 fully saturated rings. The second-order valence-corrected chi connectivity index (χ2v) is 5.46. The van der Waals surface area contributed by atoms with Gasteiger partial charge in [0.05, 0.1) is 6.20 Å². The molecule has 0 aliphatic carbocycles. The Morgan fingerprint density at radius 2 is 2.10 bits per heavy atom. The third kappa shape index (κ3) is 3.05. The van der Waals surface area contributed by atoms with Crippen LogP contribution >= 0.6 is 11.8 Å². The molecule has 1 aliphatic rings. The number of pyridine rings is 1. The summed E-state index contributed by atoms with van der Waals surface area (Å²) < 4.78 is 18.7. The number of rotatable bonds is 4. The van der Waals surface area contributed by atoms with Gasteiger partial charge in [0.15, 0.2) is 12.0 Å². The van der Waals surface area contributed by atoms with Crippen molar-refractivity contribution >= 4 is 23.0 Å². The van der Waals surface area contributed by atoms with Gasteiger partial charge >= 0.3 is 0 Å². The summed E-state index contributed by atoms with van der Waals surface area (Å²) >= 11 is 1.41. The summed E-state index contributed by atoms with van der Waals surface area (Å²) in [4.78, 5) is 15.7. The topological polar surface area (TPSA) is 51.2 Å². The number of halogens is 1. The molecule has 6 heteroatoms. The SMILES string of the molecule is O=CC1NC=C(c2ccncc2Oc2ccc(F)cc2)S1. The molecule has 0 spiro atoms. The highest BCUT2D eigenvalue weighted by Gasteiger charge is 2.20. The second kappa shape index (κ2) is 5.97. The van der Waals surface area contributed by atoms with E-state index >= 15 is 0 Å². The molecule has 2 aromatic rings. The number of ether oxygens (including phenoxy) is 1. The Labute approximate surface area is 125 Å². The second-order valence-electron chi connectivity index (χ2n) is 4.28. The monoisotopic (exact) mass is 302 g/mol. The number of aromatic nitrogens is 1. The lowest BCUT2D eigenvalue weighted by Gasteiger charge is -2.10. The molecule has 3 rings (SSSR count). The Morgan fingerprint density at radius 3 is 2.81 bits per heavy atom. The molecule has 1 aromatic heterocycles. The number of thioether (sulfide) groups is 1. The third-order valence-corrected chi connectivity index (χ3v) is 3.94. The van der Waals surface area contributed by atoms with Crippen LogP contribution in [0.15, 0.2) is 48.9 Å². The van der Waals surface area contributed by atoms with E-state index < -0.39 is 0 Å². The highest BCUT2D eigenvalue weighted by molar-refractivity contribution is 8.09. The first-order chi connectivity index (χ1) is 10.3. The maximum absolute atomic E-state index is 12.9. The van der Waals surface area contributed by atoms with Gasteiger partial charge in [-0.2, -0.15) is 0 Å². The predicted molar refractivity (Wildman–Crippen MR) is 79.3 cm³/mol. The van der Waals surface area contributed by atoms with Gasteiger partial charge in [-0.3, -0.25) is 4.98 Å². The van der Waals surface area contributed by atoms with Crippen LogP contribution in [0.5, 0.6) is 11.5 Å². The molecule has 106 valence electrons. The minimum absolute atomic E-state index is 0.285. The van der Waals surface area contributed by atoms with Crippen molar-refractivity contribution in [2.75, 3.05) is 0 Å². The first-order valence-electron chi connectivity index (χ1n) is 6.22. The van der Waals surface area contributed by atoms with Gasteiger partial charge in [-0.15, -0.1) is 0 Å². The Hall–Kier alpha value is -2.34. The van der Waals surface area contributed by atoms with E-state index in [1.807, 2.05) is 6.07 Å². The van der Waals surface area contributed by atoms with Crippen molar-refractivity contribution in [2.24, 2.45) is 0 Å². The summed E-state index contributed by atoms with van der Waals surface area (Å²) in [6.45, 7) is 0. The number of nitrogens with one attached hydrogen (secondary N) is 1. The highest BCUT2D eigenvalue weighted by atomic mass is 32.2. The summed E-state index contributed by atoms with van der Waals surface area (Å²) in [5.74, 6) is 0.756.